The Labute approximate surface area is 188 Å². The van der Waals surface area contributed by atoms with E-state index in [4.69, 9.17) is 0 Å². The summed E-state index contributed by atoms with van der Waals surface area (Å²) in [7, 11) is 0. The molecule has 0 unspecified atom stereocenters. The Kier molecular flexibility index (Phi) is 5.59. The summed E-state index contributed by atoms with van der Waals surface area (Å²) in [6.07, 6.45) is 7.74. The van der Waals surface area contributed by atoms with Crippen molar-refractivity contribution in [3.63, 3.8) is 0 Å². The van der Waals surface area contributed by atoms with Crippen molar-refractivity contribution in [1.82, 2.24) is 24.4 Å². The van der Waals surface area contributed by atoms with Crippen molar-refractivity contribution < 1.29 is 4.79 Å². The summed E-state index contributed by atoms with van der Waals surface area (Å²) in [5.41, 5.74) is 2.89. The van der Waals surface area contributed by atoms with Crippen LogP contribution in [0.2, 0.25) is 0 Å². The second-order valence-corrected chi connectivity index (χ2v) is 9.32. The van der Waals surface area contributed by atoms with E-state index < -0.39 is 0 Å². The van der Waals surface area contributed by atoms with Crippen molar-refractivity contribution in [3.05, 3.63) is 69.8 Å². The van der Waals surface area contributed by atoms with Crippen LogP contribution in [0.1, 0.15) is 48.9 Å². The SMILES string of the molecule is Cc1nc2cc[nH]n2c(=O)c1CC(=O)N1CCN(Cc2ccccc2)C2(CCCCC2)C1. The molecular formula is C25H31N5O2. The lowest BCUT2D eigenvalue weighted by atomic mass is 9.78. The van der Waals surface area contributed by atoms with Crippen LogP contribution in [0.5, 0.6) is 0 Å². The van der Waals surface area contributed by atoms with E-state index in [1.807, 2.05) is 11.8 Å². The number of fused-ring (bicyclic) bond motifs is 1. The van der Waals surface area contributed by atoms with Gasteiger partial charge in [-0.1, -0.05) is 49.6 Å². The van der Waals surface area contributed by atoms with Crippen LogP contribution in [0.4, 0.5) is 0 Å². The van der Waals surface area contributed by atoms with Crippen molar-refractivity contribution in [3.8, 4) is 0 Å². The predicted octanol–water partition coefficient (Wildman–Crippen LogP) is 2.92. The number of piperazine rings is 1. The van der Waals surface area contributed by atoms with Gasteiger partial charge in [0.2, 0.25) is 5.91 Å². The highest BCUT2D eigenvalue weighted by Gasteiger charge is 2.43. The molecule has 1 aliphatic carbocycles. The minimum absolute atomic E-state index is 0.0304. The zero-order chi connectivity index (χ0) is 22.1. The molecule has 168 valence electrons. The van der Waals surface area contributed by atoms with Gasteiger partial charge in [0.25, 0.3) is 5.56 Å². The molecule has 1 aromatic carbocycles. The van der Waals surface area contributed by atoms with Crippen LogP contribution >= 0.6 is 0 Å². The number of aryl methyl sites for hydroxylation is 1. The maximum atomic E-state index is 13.4. The summed E-state index contributed by atoms with van der Waals surface area (Å²) in [4.78, 5) is 35.3. The van der Waals surface area contributed by atoms with E-state index in [-0.39, 0.29) is 23.4 Å². The molecular weight excluding hydrogens is 402 g/mol. The third-order valence-corrected chi connectivity index (χ3v) is 7.32. The van der Waals surface area contributed by atoms with Gasteiger partial charge in [-0.3, -0.25) is 19.6 Å². The third-order valence-electron chi connectivity index (χ3n) is 7.32. The normalized spacial score (nSPS) is 19.0. The second kappa shape index (κ2) is 8.54. The first-order valence-electron chi connectivity index (χ1n) is 11.7. The quantitative estimate of drug-likeness (QED) is 0.687. The Balaban J connectivity index is 1.36. The molecule has 1 saturated carbocycles. The topological polar surface area (TPSA) is 73.7 Å². The Bertz CT molecular complexity index is 1160. The van der Waals surface area contributed by atoms with Crippen LogP contribution in [0.25, 0.3) is 5.65 Å². The highest BCUT2D eigenvalue weighted by Crippen LogP contribution is 2.37. The number of H-pyrrole nitrogens is 1. The van der Waals surface area contributed by atoms with E-state index in [1.165, 1.54) is 29.3 Å². The standard InChI is InChI=1S/C25H31N5O2/c1-19-21(24(32)30-22(27-19)10-13-26-30)16-23(31)28-14-15-29(17-20-8-4-2-5-9-20)25(18-28)11-6-3-7-12-25/h2,4-5,8-10,13,26H,3,6-7,11-12,14-18H2,1H3. The minimum Gasteiger partial charge on any atom is -0.339 e. The molecule has 2 aliphatic rings. The number of nitrogens with zero attached hydrogens (tertiary/aromatic N) is 4. The summed E-state index contributed by atoms with van der Waals surface area (Å²) < 4.78 is 1.41. The second-order valence-electron chi connectivity index (χ2n) is 9.32. The van der Waals surface area contributed by atoms with Gasteiger partial charge in [-0.2, -0.15) is 0 Å². The number of rotatable bonds is 4. The van der Waals surface area contributed by atoms with Gasteiger partial charge in [-0.15, -0.1) is 0 Å². The van der Waals surface area contributed by atoms with E-state index >= 15 is 0 Å². The Morgan fingerprint density at radius 3 is 2.66 bits per heavy atom. The Morgan fingerprint density at radius 1 is 1.09 bits per heavy atom. The fourth-order valence-corrected chi connectivity index (χ4v) is 5.53. The lowest BCUT2D eigenvalue weighted by Gasteiger charge is -2.53. The molecule has 3 heterocycles. The van der Waals surface area contributed by atoms with Crippen LogP contribution in [0, 0.1) is 6.92 Å². The summed E-state index contributed by atoms with van der Waals surface area (Å²) in [5, 5.41) is 2.89. The summed E-state index contributed by atoms with van der Waals surface area (Å²) >= 11 is 0. The molecule has 32 heavy (non-hydrogen) atoms. The van der Waals surface area contributed by atoms with Gasteiger partial charge in [0.1, 0.15) is 0 Å². The molecule has 1 N–H and O–H groups in total. The molecule has 2 aromatic heterocycles. The lowest BCUT2D eigenvalue weighted by molar-refractivity contribution is -0.138. The molecule has 7 nitrogen and oxygen atoms in total. The first-order valence-corrected chi connectivity index (χ1v) is 11.7. The smallest absolute Gasteiger partial charge is 0.276 e. The van der Waals surface area contributed by atoms with Crippen LogP contribution in [0.15, 0.2) is 47.4 Å². The van der Waals surface area contributed by atoms with E-state index in [0.29, 0.717) is 23.4 Å². The molecule has 1 spiro atoms. The fourth-order valence-electron chi connectivity index (χ4n) is 5.53. The zero-order valence-corrected chi connectivity index (χ0v) is 18.7. The largest absolute Gasteiger partial charge is 0.339 e. The number of carbonyl (C=O) groups is 1. The van der Waals surface area contributed by atoms with Crippen molar-refractivity contribution in [2.45, 2.75) is 57.5 Å². The van der Waals surface area contributed by atoms with Crippen LogP contribution in [-0.2, 0) is 17.8 Å². The van der Waals surface area contributed by atoms with E-state index in [2.05, 4.69) is 45.3 Å². The van der Waals surface area contributed by atoms with Gasteiger partial charge >= 0.3 is 0 Å². The summed E-state index contributed by atoms with van der Waals surface area (Å²) in [6, 6.07) is 12.4. The number of hydrogen-bond acceptors (Lipinski definition) is 4. The van der Waals surface area contributed by atoms with Crippen molar-refractivity contribution in [1.29, 1.82) is 0 Å². The first kappa shape index (κ1) is 20.9. The van der Waals surface area contributed by atoms with Gasteiger partial charge in [0, 0.05) is 55.2 Å². The molecule has 3 aromatic rings. The average Bonchev–Trinajstić information content (AvgIpc) is 3.28. The molecule has 7 heteroatoms. The van der Waals surface area contributed by atoms with Crippen molar-refractivity contribution >= 4 is 11.6 Å². The average molecular weight is 434 g/mol. The monoisotopic (exact) mass is 433 g/mol. The van der Waals surface area contributed by atoms with Gasteiger partial charge in [0.05, 0.1) is 6.42 Å². The molecule has 1 amide bonds. The third kappa shape index (κ3) is 3.86. The highest BCUT2D eigenvalue weighted by atomic mass is 16.2. The highest BCUT2D eigenvalue weighted by molar-refractivity contribution is 5.79. The molecule has 5 rings (SSSR count). The Morgan fingerprint density at radius 2 is 1.88 bits per heavy atom. The zero-order valence-electron chi connectivity index (χ0n) is 18.7. The molecule has 2 fully saturated rings. The number of aromatic amines is 1. The van der Waals surface area contributed by atoms with Gasteiger partial charge in [-0.25, -0.2) is 9.50 Å². The molecule has 1 aliphatic heterocycles. The number of amides is 1. The van der Waals surface area contributed by atoms with Crippen LogP contribution in [0.3, 0.4) is 0 Å². The first-order chi connectivity index (χ1) is 15.6. The van der Waals surface area contributed by atoms with E-state index in [0.717, 1.165) is 32.5 Å². The van der Waals surface area contributed by atoms with Crippen molar-refractivity contribution in [2.75, 3.05) is 19.6 Å². The number of hydrogen-bond donors (Lipinski definition) is 1. The van der Waals surface area contributed by atoms with Crippen LogP contribution < -0.4 is 5.56 Å². The predicted molar refractivity (Wildman–Crippen MR) is 124 cm³/mol. The molecule has 1 saturated heterocycles. The number of carbonyl (C=O) groups excluding carboxylic acids is 1. The van der Waals surface area contributed by atoms with Crippen molar-refractivity contribution in [2.24, 2.45) is 0 Å². The van der Waals surface area contributed by atoms with Gasteiger partial charge in [0.15, 0.2) is 5.65 Å². The van der Waals surface area contributed by atoms with Gasteiger partial charge in [-0.05, 0) is 25.3 Å². The molecule has 0 bridgehead atoms. The summed E-state index contributed by atoms with van der Waals surface area (Å²) in [5.74, 6) is 0.0304. The molecule has 0 atom stereocenters. The van der Waals surface area contributed by atoms with E-state index in [1.54, 1.807) is 12.3 Å². The number of benzene rings is 1. The maximum absolute atomic E-state index is 13.4. The fraction of sp³-hybridized carbons (Fsp3) is 0.480. The molecule has 0 radical (unpaired) electrons. The maximum Gasteiger partial charge on any atom is 0.276 e. The lowest BCUT2D eigenvalue weighted by Crippen LogP contribution is -2.63. The number of nitrogens with one attached hydrogen (secondary N) is 1. The summed E-state index contributed by atoms with van der Waals surface area (Å²) in [6.45, 7) is 5.06. The van der Waals surface area contributed by atoms with E-state index in [9.17, 15) is 9.59 Å². The minimum atomic E-state index is -0.180. The van der Waals surface area contributed by atoms with Crippen LogP contribution in [-0.4, -0.2) is 55.5 Å². The Hall–Kier alpha value is -2.93. The number of aromatic nitrogens is 3. The van der Waals surface area contributed by atoms with Gasteiger partial charge < -0.3 is 4.90 Å².